The molecular weight excluding hydrogens is 362 g/mol. The SMILES string of the molecule is CCOC(=O)c1cnc2c(c1)CCCN2c1ccn(C(=O)NCOC)c(=N)c1. The van der Waals surface area contributed by atoms with Crippen LogP contribution in [-0.4, -0.2) is 48.5 Å². The normalized spacial score (nSPS) is 13.0. The molecule has 0 aromatic carbocycles. The highest BCUT2D eigenvalue weighted by molar-refractivity contribution is 5.90. The van der Waals surface area contributed by atoms with E-state index in [1.54, 1.807) is 25.3 Å². The Bertz CT molecular complexity index is 940. The Morgan fingerprint density at radius 1 is 1.36 bits per heavy atom. The number of rotatable bonds is 5. The van der Waals surface area contributed by atoms with E-state index in [-0.39, 0.29) is 18.2 Å². The van der Waals surface area contributed by atoms with E-state index in [2.05, 4.69) is 10.3 Å². The summed E-state index contributed by atoms with van der Waals surface area (Å²) in [5.74, 6) is 0.367. The summed E-state index contributed by atoms with van der Waals surface area (Å²) in [5, 5.41) is 10.7. The van der Waals surface area contributed by atoms with Crippen LogP contribution >= 0.6 is 0 Å². The lowest BCUT2D eigenvalue weighted by Gasteiger charge is -2.30. The van der Waals surface area contributed by atoms with E-state index in [4.69, 9.17) is 14.9 Å². The molecule has 2 aromatic heterocycles. The first-order valence-corrected chi connectivity index (χ1v) is 9.03. The number of esters is 1. The summed E-state index contributed by atoms with van der Waals surface area (Å²) in [6, 6.07) is 4.76. The van der Waals surface area contributed by atoms with Crippen molar-refractivity contribution in [3.63, 3.8) is 0 Å². The summed E-state index contributed by atoms with van der Waals surface area (Å²) in [7, 11) is 1.48. The quantitative estimate of drug-likeness (QED) is 0.600. The van der Waals surface area contributed by atoms with Gasteiger partial charge in [0.1, 0.15) is 18.0 Å². The molecule has 0 aliphatic carbocycles. The highest BCUT2D eigenvalue weighted by Crippen LogP contribution is 2.31. The Labute approximate surface area is 162 Å². The van der Waals surface area contributed by atoms with Crippen LogP contribution in [0.1, 0.15) is 29.3 Å². The van der Waals surface area contributed by atoms with Gasteiger partial charge in [-0.15, -0.1) is 0 Å². The lowest BCUT2D eigenvalue weighted by molar-refractivity contribution is 0.0525. The maximum Gasteiger partial charge on any atom is 0.339 e. The van der Waals surface area contributed by atoms with Crippen LogP contribution in [0.4, 0.5) is 16.3 Å². The molecule has 3 rings (SSSR count). The lowest BCUT2D eigenvalue weighted by Crippen LogP contribution is -2.37. The Balaban J connectivity index is 1.88. The number of amides is 1. The maximum atomic E-state index is 12.0. The molecule has 148 valence electrons. The van der Waals surface area contributed by atoms with Gasteiger partial charge in [-0.2, -0.15) is 0 Å². The van der Waals surface area contributed by atoms with Gasteiger partial charge in [-0.25, -0.2) is 14.6 Å². The van der Waals surface area contributed by atoms with E-state index < -0.39 is 6.03 Å². The van der Waals surface area contributed by atoms with Crippen LogP contribution in [0.5, 0.6) is 0 Å². The lowest BCUT2D eigenvalue weighted by atomic mass is 10.0. The maximum absolute atomic E-state index is 12.0. The van der Waals surface area contributed by atoms with Crippen molar-refractivity contribution in [2.75, 3.05) is 31.9 Å². The number of ether oxygens (including phenoxy) is 2. The number of aromatic nitrogens is 2. The molecule has 2 aromatic rings. The number of anilines is 2. The molecule has 1 amide bonds. The predicted octanol–water partition coefficient (Wildman–Crippen LogP) is 1.79. The summed E-state index contributed by atoms with van der Waals surface area (Å²) >= 11 is 0. The summed E-state index contributed by atoms with van der Waals surface area (Å²) in [4.78, 5) is 30.5. The van der Waals surface area contributed by atoms with Crippen molar-refractivity contribution >= 4 is 23.5 Å². The molecule has 0 atom stereocenters. The Kier molecular flexibility index (Phi) is 6.05. The van der Waals surface area contributed by atoms with E-state index in [1.807, 2.05) is 11.0 Å². The summed E-state index contributed by atoms with van der Waals surface area (Å²) < 4.78 is 11.1. The summed E-state index contributed by atoms with van der Waals surface area (Å²) in [5.41, 5.74) is 2.20. The van der Waals surface area contributed by atoms with Crippen LogP contribution in [0.2, 0.25) is 0 Å². The molecule has 28 heavy (non-hydrogen) atoms. The molecule has 0 saturated heterocycles. The Morgan fingerprint density at radius 2 is 2.18 bits per heavy atom. The highest BCUT2D eigenvalue weighted by Gasteiger charge is 2.22. The van der Waals surface area contributed by atoms with Crippen LogP contribution in [0.3, 0.4) is 0 Å². The van der Waals surface area contributed by atoms with Gasteiger partial charge in [0.15, 0.2) is 0 Å². The molecule has 9 heteroatoms. The van der Waals surface area contributed by atoms with Gasteiger partial charge in [0.25, 0.3) is 0 Å². The number of hydrogen-bond acceptors (Lipinski definition) is 7. The van der Waals surface area contributed by atoms with Crippen LogP contribution in [0.25, 0.3) is 0 Å². The third-order valence-corrected chi connectivity index (χ3v) is 4.37. The van der Waals surface area contributed by atoms with Crippen molar-refractivity contribution in [1.29, 1.82) is 5.41 Å². The minimum atomic E-state index is -0.436. The first-order chi connectivity index (χ1) is 13.5. The van der Waals surface area contributed by atoms with Gasteiger partial charge < -0.3 is 19.7 Å². The highest BCUT2D eigenvalue weighted by atomic mass is 16.5. The Hall–Kier alpha value is -3.20. The zero-order chi connectivity index (χ0) is 20.1. The molecule has 0 unspecified atom stereocenters. The molecule has 0 spiro atoms. The number of nitrogens with one attached hydrogen (secondary N) is 2. The zero-order valence-electron chi connectivity index (χ0n) is 15.9. The molecule has 0 bridgehead atoms. The molecule has 3 heterocycles. The fraction of sp³-hybridized carbons (Fsp3) is 0.368. The number of carbonyl (C=O) groups is 2. The molecule has 2 N–H and O–H groups in total. The second-order valence-corrected chi connectivity index (χ2v) is 6.24. The molecule has 0 radical (unpaired) electrons. The van der Waals surface area contributed by atoms with Crippen molar-refractivity contribution < 1.29 is 19.1 Å². The van der Waals surface area contributed by atoms with Gasteiger partial charge in [-0.05, 0) is 37.5 Å². The summed E-state index contributed by atoms with van der Waals surface area (Å²) in [6.07, 6.45) is 4.76. The largest absolute Gasteiger partial charge is 0.462 e. The predicted molar refractivity (Wildman–Crippen MR) is 102 cm³/mol. The Morgan fingerprint density at radius 3 is 2.89 bits per heavy atom. The number of pyridine rings is 2. The smallest absolute Gasteiger partial charge is 0.339 e. The van der Waals surface area contributed by atoms with Gasteiger partial charge in [0, 0.05) is 37.8 Å². The van der Waals surface area contributed by atoms with Gasteiger partial charge in [0.05, 0.1) is 12.2 Å². The fourth-order valence-corrected chi connectivity index (χ4v) is 3.09. The molecule has 0 fully saturated rings. The second kappa shape index (κ2) is 8.66. The number of fused-ring (bicyclic) bond motifs is 1. The fourth-order valence-electron chi connectivity index (χ4n) is 3.09. The van der Waals surface area contributed by atoms with Crippen LogP contribution in [0.15, 0.2) is 30.6 Å². The van der Waals surface area contributed by atoms with E-state index in [9.17, 15) is 9.59 Å². The third kappa shape index (κ3) is 4.04. The number of aryl methyl sites for hydroxylation is 1. The average Bonchev–Trinajstić information content (AvgIpc) is 2.71. The van der Waals surface area contributed by atoms with Gasteiger partial charge in [0.2, 0.25) is 0 Å². The van der Waals surface area contributed by atoms with Crippen molar-refractivity contribution in [2.45, 2.75) is 19.8 Å². The van der Waals surface area contributed by atoms with E-state index in [0.29, 0.717) is 12.2 Å². The van der Waals surface area contributed by atoms with Crippen molar-refractivity contribution in [2.24, 2.45) is 0 Å². The van der Waals surface area contributed by atoms with E-state index >= 15 is 0 Å². The van der Waals surface area contributed by atoms with E-state index in [1.165, 1.54) is 17.9 Å². The zero-order valence-corrected chi connectivity index (χ0v) is 15.9. The number of carbonyl (C=O) groups excluding carboxylic acids is 2. The molecule has 9 nitrogen and oxygen atoms in total. The van der Waals surface area contributed by atoms with Crippen LogP contribution < -0.4 is 15.7 Å². The van der Waals surface area contributed by atoms with Gasteiger partial charge >= 0.3 is 12.0 Å². The monoisotopic (exact) mass is 385 g/mol. The molecule has 1 aliphatic rings. The van der Waals surface area contributed by atoms with Crippen molar-refractivity contribution in [1.82, 2.24) is 14.9 Å². The molecule has 0 saturated carbocycles. The second-order valence-electron chi connectivity index (χ2n) is 6.24. The third-order valence-electron chi connectivity index (χ3n) is 4.37. The molecule has 1 aliphatic heterocycles. The topological polar surface area (TPSA) is 110 Å². The minimum absolute atomic E-state index is 0.0429. The van der Waals surface area contributed by atoms with Crippen LogP contribution in [0, 0.1) is 5.41 Å². The first kappa shape index (κ1) is 19.6. The van der Waals surface area contributed by atoms with Crippen molar-refractivity contribution in [3.8, 4) is 0 Å². The van der Waals surface area contributed by atoms with Crippen LogP contribution in [-0.2, 0) is 15.9 Å². The number of methoxy groups -OCH3 is 1. The summed E-state index contributed by atoms with van der Waals surface area (Å²) in [6.45, 7) is 2.88. The van der Waals surface area contributed by atoms with Crippen molar-refractivity contribution in [3.05, 3.63) is 47.2 Å². The van der Waals surface area contributed by atoms with E-state index in [0.717, 1.165) is 36.5 Å². The number of hydrogen-bond donors (Lipinski definition) is 2. The standard InChI is InChI=1S/C19H23N5O4/c1-3-28-18(25)14-9-13-5-4-7-23(17(13)21-11-14)15-6-8-24(16(20)10-15)19(26)22-12-27-2/h6,8-11,20H,3-5,7,12H2,1-2H3,(H,22,26). The minimum Gasteiger partial charge on any atom is -0.462 e. The molecular formula is C19H23N5O4. The first-order valence-electron chi connectivity index (χ1n) is 9.03. The van der Waals surface area contributed by atoms with Gasteiger partial charge in [-0.1, -0.05) is 0 Å². The average molecular weight is 385 g/mol. The number of nitrogens with zero attached hydrogens (tertiary/aromatic N) is 3. The van der Waals surface area contributed by atoms with Gasteiger partial charge in [-0.3, -0.25) is 9.98 Å².